The van der Waals surface area contributed by atoms with E-state index in [4.69, 9.17) is 0 Å². The SMILES string of the molecule is CC[C@H](C)Cc1c(C)sc2nc(SCC(=O)N3CCCCC3)[nH]c(=O)c12. The van der Waals surface area contributed by atoms with Crippen LogP contribution in [0.5, 0.6) is 0 Å². The van der Waals surface area contributed by atoms with Crippen molar-refractivity contribution < 1.29 is 4.79 Å². The fraction of sp³-hybridized carbons (Fsp3) is 0.632. The summed E-state index contributed by atoms with van der Waals surface area (Å²) in [7, 11) is 0. The average molecular weight is 394 g/mol. The highest BCUT2D eigenvalue weighted by atomic mass is 32.2. The Morgan fingerprint density at radius 3 is 2.77 bits per heavy atom. The molecule has 3 heterocycles. The summed E-state index contributed by atoms with van der Waals surface area (Å²) >= 11 is 2.92. The lowest BCUT2D eigenvalue weighted by molar-refractivity contribution is -0.129. The first-order chi connectivity index (χ1) is 12.5. The molecule has 142 valence electrons. The molecule has 0 spiro atoms. The minimum Gasteiger partial charge on any atom is -0.342 e. The van der Waals surface area contributed by atoms with Gasteiger partial charge in [-0.2, -0.15) is 0 Å². The number of likely N-dealkylation sites (tertiary alicyclic amines) is 1. The maximum atomic E-state index is 12.7. The Morgan fingerprint density at radius 2 is 2.08 bits per heavy atom. The van der Waals surface area contributed by atoms with Gasteiger partial charge >= 0.3 is 0 Å². The quantitative estimate of drug-likeness (QED) is 0.595. The fourth-order valence-corrected chi connectivity index (χ4v) is 5.20. The number of nitrogens with zero attached hydrogens (tertiary/aromatic N) is 2. The lowest BCUT2D eigenvalue weighted by Gasteiger charge is -2.26. The van der Waals surface area contributed by atoms with Gasteiger partial charge in [0.15, 0.2) is 5.16 Å². The number of hydrogen-bond acceptors (Lipinski definition) is 5. The first-order valence-corrected chi connectivity index (χ1v) is 11.2. The minimum absolute atomic E-state index is 0.0782. The Bertz CT molecular complexity index is 837. The molecule has 7 heteroatoms. The predicted octanol–water partition coefficient (Wildman–Crippen LogP) is 3.99. The maximum Gasteiger partial charge on any atom is 0.260 e. The number of H-pyrrole nitrogens is 1. The topological polar surface area (TPSA) is 66.1 Å². The van der Waals surface area contributed by atoms with E-state index in [9.17, 15) is 9.59 Å². The summed E-state index contributed by atoms with van der Waals surface area (Å²) in [4.78, 5) is 36.4. The second-order valence-electron chi connectivity index (χ2n) is 7.14. The molecule has 1 amide bonds. The number of carbonyl (C=O) groups is 1. The smallest absolute Gasteiger partial charge is 0.260 e. The summed E-state index contributed by atoms with van der Waals surface area (Å²) in [5.74, 6) is 1.01. The Kier molecular flexibility index (Phi) is 6.40. The third kappa shape index (κ3) is 4.31. The van der Waals surface area contributed by atoms with Crippen LogP contribution in [-0.4, -0.2) is 39.6 Å². The summed E-state index contributed by atoms with van der Waals surface area (Å²) < 4.78 is 0. The van der Waals surface area contributed by atoms with E-state index >= 15 is 0 Å². The molecular weight excluding hydrogens is 366 g/mol. The molecule has 0 aliphatic carbocycles. The van der Waals surface area contributed by atoms with Crippen LogP contribution in [0.15, 0.2) is 9.95 Å². The molecule has 0 bridgehead atoms. The third-order valence-electron chi connectivity index (χ3n) is 5.13. The first-order valence-electron chi connectivity index (χ1n) is 9.42. The Labute approximate surface area is 162 Å². The van der Waals surface area contributed by atoms with Gasteiger partial charge in [-0.3, -0.25) is 9.59 Å². The van der Waals surface area contributed by atoms with Crippen LogP contribution in [0.2, 0.25) is 0 Å². The highest BCUT2D eigenvalue weighted by Crippen LogP contribution is 2.30. The summed E-state index contributed by atoms with van der Waals surface area (Å²) in [6, 6.07) is 0. The van der Waals surface area contributed by atoms with Crippen LogP contribution in [0.1, 0.15) is 50.0 Å². The molecule has 1 N–H and O–H groups in total. The van der Waals surface area contributed by atoms with Crippen LogP contribution in [0.3, 0.4) is 0 Å². The van der Waals surface area contributed by atoms with Gasteiger partial charge in [0.25, 0.3) is 5.56 Å². The molecule has 5 nitrogen and oxygen atoms in total. The minimum atomic E-state index is -0.0782. The van der Waals surface area contributed by atoms with Gasteiger partial charge < -0.3 is 9.88 Å². The number of thioether (sulfide) groups is 1. The van der Waals surface area contributed by atoms with Crippen molar-refractivity contribution in [2.75, 3.05) is 18.8 Å². The number of nitrogens with one attached hydrogen (secondary N) is 1. The molecule has 26 heavy (non-hydrogen) atoms. The molecule has 0 saturated carbocycles. The number of rotatable bonds is 6. The molecule has 1 aliphatic rings. The summed E-state index contributed by atoms with van der Waals surface area (Å²) in [6.45, 7) is 8.15. The number of thiophene rings is 1. The van der Waals surface area contributed by atoms with Gasteiger partial charge in [0.2, 0.25) is 5.91 Å². The van der Waals surface area contributed by atoms with Crippen LogP contribution >= 0.6 is 23.1 Å². The van der Waals surface area contributed by atoms with Crippen molar-refractivity contribution >= 4 is 39.2 Å². The van der Waals surface area contributed by atoms with E-state index in [1.54, 1.807) is 11.3 Å². The number of amides is 1. The van der Waals surface area contributed by atoms with Gasteiger partial charge in [-0.15, -0.1) is 11.3 Å². The van der Waals surface area contributed by atoms with Gasteiger partial charge in [-0.25, -0.2) is 4.98 Å². The van der Waals surface area contributed by atoms with E-state index in [2.05, 4.69) is 30.7 Å². The van der Waals surface area contributed by atoms with Crippen molar-refractivity contribution in [2.45, 2.75) is 58.0 Å². The van der Waals surface area contributed by atoms with E-state index < -0.39 is 0 Å². The van der Waals surface area contributed by atoms with Crippen molar-refractivity contribution in [1.29, 1.82) is 0 Å². The lowest BCUT2D eigenvalue weighted by Crippen LogP contribution is -2.36. The van der Waals surface area contributed by atoms with Crippen LogP contribution in [0, 0.1) is 12.8 Å². The monoisotopic (exact) mass is 393 g/mol. The van der Waals surface area contributed by atoms with E-state index in [0.717, 1.165) is 54.6 Å². The number of fused-ring (bicyclic) bond motifs is 1. The molecule has 0 unspecified atom stereocenters. The zero-order valence-electron chi connectivity index (χ0n) is 15.8. The van der Waals surface area contributed by atoms with Gasteiger partial charge in [0, 0.05) is 18.0 Å². The van der Waals surface area contributed by atoms with Gasteiger partial charge in [-0.05, 0) is 44.1 Å². The van der Waals surface area contributed by atoms with Crippen molar-refractivity contribution in [1.82, 2.24) is 14.9 Å². The highest BCUT2D eigenvalue weighted by Gasteiger charge is 2.19. The van der Waals surface area contributed by atoms with Crippen molar-refractivity contribution in [2.24, 2.45) is 5.92 Å². The third-order valence-corrected chi connectivity index (χ3v) is 7.03. The van der Waals surface area contributed by atoms with Crippen molar-refractivity contribution in [3.8, 4) is 0 Å². The number of carbonyl (C=O) groups excluding carboxylic acids is 1. The van der Waals surface area contributed by atoms with E-state index in [-0.39, 0.29) is 11.5 Å². The molecule has 2 aromatic rings. The molecule has 2 aromatic heterocycles. The summed E-state index contributed by atoms with van der Waals surface area (Å²) in [5.41, 5.74) is 1.06. The molecule has 0 radical (unpaired) electrons. The van der Waals surface area contributed by atoms with Crippen LogP contribution in [0.4, 0.5) is 0 Å². The summed E-state index contributed by atoms with van der Waals surface area (Å²) in [6.07, 6.45) is 5.39. The van der Waals surface area contributed by atoms with Gasteiger partial charge in [0.1, 0.15) is 4.83 Å². The average Bonchev–Trinajstić information content (AvgIpc) is 2.96. The largest absolute Gasteiger partial charge is 0.342 e. The Morgan fingerprint density at radius 1 is 1.35 bits per heavy atom. The van der Waals surface area contributed by atoms with Crippen molar-refractivity contribution in [3.05, 3.63) is 20.8 Å². The Balaban J connectivity index is 1.76. The summed E-state index contributed by atoms with van der Waals surface area (Å²) in [5, 5.41) is 1.28. The van der Waals surface area contributed by atoms with E-state index in [0.29, 0.717) is 16.8 Å². The number of aryl methyl sites for hydroxylation is 1. The predicted molar refractivity (Wildman–Crippen MR) is 109 cm³/mol. The standard InChI is InChI=1S/C19H27N3O2S2/c1-4-12(2)10-14-13(3)26-18-16(14)17(24)20-19(21-18)25-11-15(23)22-8-6-5-7-9-22/h12H,4-11H2,1-3H3,(H,20,21,24)/t12-/m0/s1. The fourth-order valence-electron chi connectivity index (χ4n) is 3.33. The molecule has 3 rings (SSSR count). The molecule has 0 aromatic carbocycles. The number of piperidine rings is 1. The zero-order valence-corrected chi connectivity index (χ0v) is 17.4. The number of aromatic nitrogens is 2. The van der Waals surface area contributed by atoms with Crippen LogP contribution in [-0.2, 0) is 11.2 Å². The van der Waals surface area contributed by atoms with Gasteiger partial charge in [0.05, 0.1) is 11.1 Å². The number of aromatic amines is 1. The lowest BCUT2D eigenvalue weighted by atomic mass is 9.98. The van der Waals surface area contributed by atoms with Gasteiger partial charge in [-0.1, -0.05) is 32.0 Å². The van der Waals surface area contributed by atoms with E-state index in [1.165, 1.54) is 23.1 Å². The Hall–Kier alpha value is -1.34. The molecule has 1 atom stereocenters. The zero-order chi connectivity index (χ0) is 18.7. The second kappa shape index (κ2) is 8.57. The number of hydrogen-bond donors (Lipinski definition) is 1. The normalized spacial score (nSPS) is 16.2. The first kappa shape index (κ1) is 19.4. The molecule has 1 aliphatic heterocycles. The van der Waals surface area contributed by atoms with E-state index in [1.807, 2.05) is 4.90 Å². The molecule has 1 saturated heterocycles. The molecular formula is C19H27N3O2S2. The second-order valence-corrected chi connectivity index (χ2v) is 9.30. The highest BCUT2D eigenvalue weighted by molar-refractivity contribution is 7.99. The maximum absolute atomic E-state index is 12.7. The molecule has 1 fully saturated rings. The van der Waals surface area contributed by atoms with Crippen LogP contribution in [0.25, 0.3) is 10.2 Å². The van der Waals surface area contributed by atoms with Crippen LogP contribution < -0.4 is 5.56 Å². The van der Waals surface area contributed by atoms with Crippen molar-refractivity contribution in [3.63, 3.8) is 0 Å².